The number of allylic oxidation sites excluding steroid dienone is 1. The molecule has 0 saturated carbocycles. The molecule has 0 aromatic heterocycles. The molecule has 0 aliphatic heterocycles. The fourth-order valence-electron chi connectivity index (χ4n) is 1.09. The van der Waals surface area contributed by atoms with E-state index in [4.69, 9.17) is 11.6 Å². The third-order valence-corrected chi connectivity index (χ3v) is 2.45. The van der Waals surface area contributed by atoms with E-state index >= 15 is 0 Å². The Hall–Kier alpha value is -0.533. The first kappa shape index (κ1) is 9.55. The minimum Gasteiger partial charge on any atom is -0.0942 e. The quantitative estimate of drug-likeness (QED) is 0.606. The fourth-order valence-corrected chi connectivity index (χ4v) is 1.58. The van der Waals surface area contributed by atoms with Crippen LogP contribution < -0.4 is 0 Å². The first-order chi connectivity index (χ1) is 5.61. The molecule has 1 aromatic rings. The third-order valence-electron chi connectivity index (χ3n) is 1.75. The van der Waals surface area contributed by atoms with Gasteiger partial charge in [0, 0.05) is 15.3 Å². The molecule has 0 radical (unpaired) electrons. The molecular formula is C10H13ClSi. The highest BCUT2D eigenvalue weighted by Crippen LogP contribution is 2.20. The zero-order valence-electron chi connectivity index (χ0n) is 7.69. The van der Waals surface area contributed by atoms with Gasteiger partial charge in [0.1, 0.15) is 0 Å². The minimum absolute atomic E-state index is 0.853. The highest BCUT2D eigenvalue weighted by atomic mass is 35.5. The Kier molecular flexibility index (Phi) is 3.12. The zero-order chi connectivity index (χ0) is 9.14. The van der Waals surface area contributed by atoms with Gasteiger partial charge in [0.2, 0.25) is 0 Å². The Bertz CT molecular complexity index is 312. The maximum absolute atomic E-state index is 5.98. The van der Waals surface area contributed by atoms with E-state index in [0.29, 0.717) is 0 Å². The summed E-state index contributed by atoms with van der Waals surface area (Å²) in [6, 6.07) is 6.02. The van der Waals surface area contributed by atoms with E-state index in [0.717, 1.165) is 15.3 Å². The second-order valence-electron chi connectivity index (χ2n) is 3.18. The molecule has 0 N–H and O–H groups in total. The van der Waals surface area contributed by atoms with Gasteiger partial charge in [-0.25, -0.2) is 0 Å². The number of hydrogen-bond acceptors (Lipinski definition) is 0. The van der Waals surface area contributed by atoms with Crippen molar-refractivity contribution in [3.05, 3.63) is 39.5 Å². The second kappa shape index (κ2) is 3.92. The van der Waals surface area contributed by atoms with Crippen LogP contribution in [0.25, 0.3) is 6.08 Å². The van der Waals surface area contributed by atoms with Gasteiger partial charge >= 0.3 is 0 Å². The molecular weight excluding hydrogens is 184 g/mol. The Morgan fingerprint density at radius 2 is 2.17 bits per heavy atom. The van der Waals surface area contributed by atoms with E-state index in [9.17, 15) is 0 Å². The SMILES string of the molecule is CC([SiH3])=Cc1cccc(Cl)c1C. The molecule has 64 valence electrons. The molecule has 0 amide bonds. The molecule has 0 aliphatic carbocycles. The van der Waals surface area contributed by atoms with E-state index in [1.54, 1.807) is 0 Å². The van der Waals surface area contributed by atoms with Crippen molar-refractivity contribution in [2.24, 2.45) is 0 Å². The van der Waals surface area contributed by atoms with Crippen LogP contribution in [0.2, 0.25) is 5.02 Å². The van der Waals surface area contributed by atoms with Gasteiger partial charge in [-0.2, -0.15) is 0 Å². The third kappa shape index (κ3) is 2.22. The smallest absolute Gasteiger partial charge is 0.0441 e. The topological polar surface area (TPSA) is 0 Å². The van der Waals surface area contributed by atoms with Crippen molar-refractivity contribution in [2.75, 3.05) is 0 Å². The molecule has 2 heteroatoms. The molecule has 0 heterocycles. The summed E-state index contributed by atoms with van der Waals surface area (Å²) in [5.74, 6) is 0. The summed E-state index contributed by atoms with van der Waals surface area (Å²) < 4.78 is 0. The van der Waals surface area contributed by atoms with Crippen LogP contribution in [-0.2, 0) is 0 Å². The Morgan fingerprint density at radius 3 is 2.75 bits per heavy atom. The maximum Gasteiger partial charge on any atom is 0.0441 e. The van der Waals surface area contributed by atoms with Crippen molar-refractivity contribution >= 4 is 27.9 Å². The lowest BCUT2D eigenvalue weighted by molar-refractivity contribution is 1.44. The molecule has 0 atom stereocenters. The van der Waals surface area contributed by atoms with Crippen molar-refractivity contribution in [2.45, 2.75) is 13.8 Å². The first-order valence-electron chi connectivity index (χ1n) is 4.01. The molecule has 0 fully saturated rings. The average molecular weight is 197 g/mol. The lowest BCUT2D eigenvalue weighted by atomic mass is 10.1. The molecule has 0 saturated heterocycles. The van der Waals surface area contributed by atoms with Crippen LogP contribution in [0, 0.1) is 6.92 Å². The zero-order valence-corrected chi connectivity index (χ0v) is 10.4. The maximum atomic E-state index is 5.98. The lowest BCUT2D eigenvalue weighted by Gasteiger charge is -2.02. The van der Waals surface area contributed by atoms with E-state index < -0.39 is 0 Å². The van der Waals surface area contributed by atoms with Crippen LogP contribution in [0.5, 0.6) is 0 Å². The molecule has 0 nitrogen and oxygen atoms in total. The minimum atomic E-state index is 0.853. The Labute approximate surface area is 81.7 Å². The summed E-state index contributed by atoms with van der Waals surface area (Å²) in [5, 5.41) is 2.28. The Morgan fingerprint density at radius 1 is 1.50 bits per heavy atom. The Balaban J connectivity index is 3.17. The number of hydrogen-bond donors (Lipinski definition) is 0. The predicted octanol–water partition coefficient (Wildman–Crippen LogP) is 2.37. The summed E-state index contributed by atoms with van der Waals surface area (Å²) in [6.45, 7) is 4.20. The van der Waals surface area contributed by atoms with Crippen LogP contribution in [0.3, 0.4) is 0 Å². The summed E-state index contributed by atoms with van der Waals surface area (Å²) in [7, 11) is 1.12. The van der Waals surface area contributed by atoms with Gasteiger partial charge in [-0.15, -0.1) is 0 Å². The molecule has 0 spiro atoms. The van der Waals surface area contributed by atoms with Gasteiger partial charge in [0.15, 0.2) is 0 Å². The predicted molar refractivity (Wildman–Crippen MR) is 59.8 cm³/mol. The fraction of sp³-hybridized carbons (Fsp3) is 0.200. The molecule has 1 aromatic carbocycles. The number of benzene rings is 1. The van der Waals surface area contributed by atoms with Gasteiger partial charge in [0.05, 0.1) is 0 Å². The molecule has 1 rings (SSSR count). The van der Waals surface area contributed by atoms with Crippen LogP contribution in [0.4, 0.5) is 0 Å². The summed E-state index contributed by atoms with van der Waals surface area (Å²) in [4.78, 5) is 0. The van der Waals surface area contributed by atoms with Crippen LogP contribution in [0.1, 0.15) is 18.1 Å². The van der Waals surface area contributed by atoms with E-state index in [-0.39, 0.29) is 0 Å². The van der Waals surface area contributed by atoms with E-state index in [2.05, 4.69) is 26.0 Å². The average Bonchev–Trinajstić information content (AvgIpc) is 1.98. The molecule has 12 heavy (non-hydrogen) atoms. The highest BCUT2D eigenvalue weighted by molar-refractivity contribution is 6.31. The van der Waals surface area contributed by atoms with Crippen molar-refractivity contribution in [1.29, 1.82) is 0 Å². The number of rotatable bonds is 1. The second-order valence-corrected chi connectivity index (χ2v) is 5.16. The highest BCUT2D eigenvalue weighted by Gasteiger charge is 1.97. The standard InChI is InChI=1S/C10H13ClSi/c1-7(12)6-9-4-3-5-10(11)8(9)2/h3-6H,1-2,12H3. The largest absolute Gasteiger partial charge is 0.0942 e. The lowest BCUT2D eigenvalue weighted by Crippen LogP contribution is -1.82. The van der Waals surface area contributed by atoms with Crippen LogP contribution in [0.15, 0.2) is 23.4 Å². The van der Waals surface area contributed by atoms with Crippen molar-refractivity contribution in [3.63, 3.8) is 0 Å². The molecule has 0 bridgehead atoms. The van der Waals surface area contributed by atoms with Crippen molar-refractivity contribution in [1.82, 2.24) is 0 Å². The number of halogens is 1. The van der Waals surface area contributed by atoms with Gasteiger partial charge < -0.3 is 0 Å². The van der Waals surface area contributed by atoms with Gasteiger partial charge in [-0.3, -0.25) is 0 Å². The van der Waals surface area contributed by atoms with Crippen molar-refractivity contribution in [3.8, 4) is 0 Å². The van der Waals surface area contributed by atoms with Gasteiger partial charge in [-0.05, 0) is 31.0 Å². The normalized spacial score (nSPS) is 12.1. The van der Waals surface area contributed by atoms with Gasteiger partial charge in [0.25, 0.3) is 0 Å². The van der Waals surface area contributed by atoms with Gasteiger partial charge in [-0.1, -0.05) is 35.0 Å². The summed E-state index contributed by atoms with van der Waals surface area (Å²) in [6.07, 6.45) is 2.20. The van der Waals surface area contributed by atoms with Crippen LogP contribution >= 0.6 is 11.6 Å². The summed E-state index contributed by atoms with van der Waals surface area (Å²) in [5.41, 5.74) is 2.42. The van der Waals surface area contributed by atoms with Crippen molar-refractivity contribution < 1.29 is 0 Å². The van der Waals surface area contributed by atoms with E-state index in [1.807, 2.05) is 12.1 Å². The van der Waals surface area contributed by atoms with E-state index in [1.165, 1.54) is 16.3 Å². The summed E-state index contributed by atoms with van der Waals surface area (Å²) >= 11 is 5.98. The molecule has 0 unspecified atom stereocenters. The monoisotopic (exact) mass is 196 g/mol. The molecule has 0 aliphatic rings. The first-order valence-corrected chi connectivity index (χ1v) is 5.39. The van der Waals surface area contributed by atoms with Crippen LogP contribution in [-0.4, -0.2) is 10.2 Å².